The Balaban J connectivity index is 1.68. The van der Waals surface area contributed by atoms with E-state index in [9.17, 15) is 8.42 Å². The lowest BCUT2D eigenvalue weighted by Gasteiger charge is -2.16. The molecule has 0 saturated carbocycles. The number of hydrogen-bond donors (Lipinski definition) is 1. The lowest BCUT2D eigenvalue weighted by molar-refractivity contribution is 0.352. The van der Waals surface area contributed by atoms with E-state index in [4.69, 9.17) is 14.2 Å². The normalized spacial score (nSPS) is 15.1. The summed E-state index contributed by atoms with van der Waals surface area (Å²) in [5.41, 5.74) is 4.87. The topological polar surface area (TPSA) is 73.9 Å². The third-order valence-corrected chi connectivity index (χ3v) is 6.69. The van der Waals surface area contributed by atoms with Crippen LogP contribution in [0.1, 0.15) is 27.8 Å². The molecule has 6 nitrogen and oxygen atoms in total. The zero-order valence-electron chi connectivity index (χ0n) is 15.7. The van der Waals surface area contributed by atoms with Gasteiger partial charge < -0.3 is 14.2 Å². The summed E-state index contributed by atoms with van der Waals surface area (Å²) in [7, 11) is -2.27. The first-order chi connectivity index (χ1) is 12.9. The van der Waals surface area contributed by atoms with E-state index in [1.54, 1.807) is 12.1 Å². The molecule has 7 heteroatoms. The van der Waals surface area contributed by atoms with Gasteiger partial charge in [0.15, 0.2) is 0 Å². The SMILES string of the molecule is COc1cc(C)c(C)cc1S(=O)(=O)NCc1c2c(cc3c1OCC3)OCC2. The molecule has 0 amide bonds. The molecule has 0 bridgehead atoms. The standard InChI is InChI=1S/C20H23NO5S/c1-12-8-18(24-3)19(9-13(12)2)27(22,23)21-11-16-15-5-7-25-17(15)10-14-4-6-26-20(14)16/h8-10,21H,4-7,11H2,1-3H3. The van der Waals surface area contributed by atoms with Crippen molar-refractivity contribution in [2.24, 2.45) is 0 Å². The van der Waals surface area contributed by atoms with Gasteiger partial charge in [0.25, 0.3) is 0 Å². The number of aryl methyl sites for hydroxylation is 2. The third kappa shape index (κ3) is 3.15. The summed E-state index contributed by atoms with van der Waals surface area (Å²) < 4.78 is 45.5. The van der Waals surface area contributed by atoms with Crippen LogP contribution < -0.4 is 18.9 Å². The predicted octanol–water partition coefficient (Wildman–Crippen LogP) is 2.66. The lowest BCUT2D eigenvalue weighted by atomic mass is 10.00. The molecule has 0 saturated heterocycles. The number of ether oxygens (including phenoxy) is 3. The highest BCUT2D eigenvalue weighted by molar-refractivity contribution is 7.89. The Morgan fingerprint density at radius 1 is 1.07 bits per heavy atom. The van der Waals surface area contributed by atoms with Crippen LogP contribution in [0.15, 0.2) is 23.1 Å². The average Bonchev–Trinajstić information content (AvgIpc) is 3.29. The summed E-state index contributed by atoms with van der Waals surface area (Å²) in [5.74, 6) is 1.99. The number of benzene rings is 2. The molecule has 144 valence electrons. The Morgan fingerprint density at radius 3 is 2.59 bits per heavy atom. The molecular weight excluding hydrogens is 366 g/mol. The van der Waals surface area contributed by atoms with Gasteiger partial charge in [0.1, 0.15) is 22.1 Å². The molecule has 0 atom stereocenters. The van der Waals surface area contributed by atoms with Gasteiger partial charge in [0.05, 0.1) is 20.3 Å². The molecule has 0 aromatic heterocycles. The minimum atomic E-state index is -3.75. The fraction of sp³-hybridized carbons (Fsp3) is 0.400. The molecule has 0 fully saturated rings. The Morgan fingerprint density at radius 2 is 1.81 bits per heavy atom. The van der Waals surface area contributed by atoms with Gasteiger partial charge in [-0.25, -0.2) is 13.1 Å². The van der Waals surface area contributed by atoms with Crippen LogP contribution in [0, 0.1) is 13.8 Å². The number of sulfonamides is 1. The first-order valence-electron chi connectivity index (χ1n) is 8.99. The molecule has 0 aliphatic carbocycles. The van der Waals surface area contributed by atoms with E-state index in [0.29, 0.717) is 19.0 Å². The maximum atomic E-state index is 13.0. The van der Waals surface area contributed by atoms with Crippen molar-refractivity contribution in [3.63, 3.8) is 0 Å². The number of fused-ring (bicyclic) bond motifs is 2. The zero-order valence-corrected chi connectivity index (χ0v) is 16.5. The Bertz CT molecular complexity index is 982. The van der Waals surface area contributed by atoms with Crippen LogP contribution in [0.5, 0.6) is 17.2 Å². The second-order valence-corrected chi connectivity index (χ2v) is 8.66. The van der Waals surface area contributed by atoms with Crippen LogP contribution in [0.3, 0.4) is 0 Å². The Labute approximate surface area is 159 Å². The monoisotopic (exact) mass is 389 g/mol. The molecule has 0 radical (unpaired) electrons. The number of nitrogens with one attached hydrogen (secondary N) is 1. The van der Waals surface area contributed by atoms with Gasteiger partial charge in [-0.2, -0.15) is 0 Å². The molecule has 0 unspecified atom stereocenters. The van der Waals surface area contributed by atoms with E-state index in [0.717, 1.165) is 52.2 Å². The van der Waals surface area contributed by atoms with Crippen molar-refractivity contribution in [2.75, 3.05) is 20.3 Å². The average molecular weight is 389 g/mol. The van der Waals surface area contributed by atoms with Crippen LogP contribution in [-0.2, 0) is 29.4 Å². The maximum Gasteiger partial charge on any atom is 0.244 e. The number of hydrogen-bond acceptors (Lipinski definition) is 5. The highest BCUT2D eigenvalue weighted by atomic mass is 32.2. The van der Waals surface area contributed by atoms with E-state index in [1.165, 1.54) is 7.11 Å². The Hall–Kier alpha value is -2.25. The molecule has 2 heterocycles. The zero-order chi connectivity index (χ0) is 19.2. The molecule has 1 N–H and O–H groups in total. The lowest BCUT2D eigenvalue weighted by Crippen LogP contribution is -2.24. The van der Waals surface area contributed by atoms with Crippen molar-refractivity contribution in [1.82, 2.24) is 4.72 Å². The summed E-state index contributed by atoms with van der Waals surface area (Å²) >= 11 is 0. The first kappa shape index (κ1) is 18.1. The molecule has 27 heavy (non-hydrogen) atoms. The number of rotatable bonds is 5. The minimum Gasteiger partial charge on any atom is -0.495 e. The summed E-state index contributed by atoms with van der Waals surface area (Å²) in [6, 6.07) is 5.42. The van der Waals surface area contributed by atoms with Crippen molar-refractivity contribution in [3.8, 4) is 17.2 Å². The first-order valence-corrected chi connectivity index (χ1v) is 10.5. The summed E-state index contributed by atoms with van der Waals surface area (Å²) in [5, 5.41) is 0. The van der Waals surface area contributed by atoms with Crippen molar-refractivity contribution < 1.29 is 22.6 Å². The van der Waals surface area contributed by atoms with Gasteiger partial charge in [-0.3, -0.25) is 0 Å². The smallest absolute Gasteiger partial charge is 0.244 e. The minimum absolute atomic E-state index is 0.148. The van der Waals surface area contributed by atoms with Gasteiger partial charge >= 0.3 is 0 Å². The van der Waals surface area contributed by atoms with E-state index in [2.05, 4.69) is 4.72 Å². The van der Waals surface area contributed by atoms with E-state index < -0.39 is 10.0 Å². The van der Waals surface area contributed by atoms with Gasteiger partial charge in [-0.15, -0.1) is 0 Å². The largest absolute Gasteiger partial charge is 0.495 e. The second-order valence-electron chi connectivity index (χ2n) is 6.93. The quantitative estimate of drug-likeness (QED) is 0.851. The van der Waals surface area contributed by atoms with Crippen LogP contribution in [0.2, 0.25) is 0 Å². The van der Waals surface area contributed by atoms with Gasteiger partial charge in [-0.1, -0.05) is 0 Å². The number of methoxy groups -OCH3 is 1. The maximum absolute atomic E-state index is 13.0. The van der Waals surface area contributed by atoms with Crippen LogP contribution >= 0.6 is 0 Å². The summed E-state index contributed by atoms with van der Waals surface area (Å²) in [6.45, 7) is 5.20. The van der Waals surface area contributed by atoms with E-state index >= 15 is 0 Å². The summed E-state index contributed by atoms with van der Waals surface area (Å²) in [4.78, 5) is 0.148. The highest BCUT2D eigenvalue weighted by Gasteiger charge is 2.28. The van der Waals surface area contributed by atoms with Crippen LogP contribution in [0.25, 0.3) is 0 Å². The van der Waals surface area contributed by atoms with Crippen LogP contribution in [0.4, 0.5) is 0 Å². The highest BCUT2D eigenvalue weighted by Crippen LogP contribution is 2.40. The van der Waals surface area contributed by atoms with Crippen molar-refractivity contribution in [1.29, 1.82) is 0 Å². The molecule has 2 aliphatic rings. The van der Waals surface area contributed by atoms with E-state index in [-0.39, 0.29) is 11.4 Å². The van der Waals surface area contributed by atoms with Crippen molar-refractivity contribution in [2.45, 2.75) is 38.1 Å². The second kappa shape index (κ2) is 6.73. The summed E-state index contributed by atoms with van der Waals surface area (Å²) in [6.07, 6.45) is 1.58. The van der Waals surface area contributed by atoms with Crippen LogP contribution in [-0.4, -0.2) is 28.7 Å². The molecule has 2 aromatic carbocycles. The molecular formula is C20H23NO5S. The molecule has 4 rings (SSSR count). The molecule has 2 aromatic rings. The predicted molar refractivity (Wildman–Crippen MR) is 101 cm³/mol. The molecule has 0 spiro atoms. The fourth-order valence-corrected chi connectivity index (χ4v) is 4.88. The fourth-order valence-electron chi connectivity index (χ4n) is 3.65. The van der Waals surface area contributed by atoms with Gasteiger partial charge in [-0.05, 0) is 43.2 Å². The molecule has 2 aliphatic heterocycles. The van der Waals surface area contributed by atoms with Crippen molar-refractivity contribution >= 4 is 10.0 Å². The third-order valence-electron chi connectivity index (χ3n) is 5.27. The van der Waals surface area contributed by atoms with Gasteiger partial charge in [0, 0.05) is 36.1 Å². The Kier molecular flexibility index (Phi) is 4.52. The van der Waals surface area contributed by atoms with E-state index in [1.807, 2.05) is 19.9 Å². The van der Waals surface area contributed by atoms with Crippen molar-refractivity contribution in [3.05, 3.63) is 46.0 Å². The van der Waals surface area contributed by atoms with Gasteiger partial charge in [0.2, 0.25) is 10.0 Å².